The molecule has 136 valence electrons. The SMILES string of the molecule is C[C@@H](Oc1ccc(Br)cc1)c1nnc(SCc2ccc(Cl)c(Cl)c2)n1C. The molecule has 0 saturated heterocycles. The van der Waals surface area contributed by atoms with E-state index in [9.17, 15) is 0 Å². The number of rotatable bonds is 6. The van der Waals surface area contributed by atoms with E-state index in [1.165, 1.54) is 0 Å². The second-order valence-electron chi connectivity index (χ2n) is 5.65. The van der Waals surface area contributed by atoms with E-state index in [4.69, 9.17) is 27.9 Å². The minimum atomic E-state index is -0.215. The fourth-order valence-corrected chi connectivity index (χ4v) is 3.80. The molecule has 1 aromatic heterocycles. The van der Waals surface area contributed by atoms with Gasteiger partial charge in [-0.25, -0.2) is 0 Å². The summed E-state index contributed by atoms with van der Waals surface area (Å²) in [5.74, 6) is 2.28. The highest BCUT2D eigenvalue weighted by Gasteiger charge is 2.17. The van der Waals surface area contributed by atoms with Crippen LogP contribution in [0.2, 0.25) is 10.0 Å². The van der Waals surface area contributed by atoms with Gasteiger partial charge in [0.25, 0.3) is 0 Å². The predicted molar refractivity (Wildman–Crippen MR) is 110 cm³/mol. The number of halogens is 3. The predicted octanol–water partition coefficient (Wildman–Crippen LogP) is 6.32. The van der Waals surface area contributed by atoms with E-state index in [2.05, 4.69) is 26.1 Å². The van der Waals surface area contributed by atoms with Gasteiger partial charge in [-0.15, -0.1) is 10.2 Å². The second-order valence-corrected chi connectivity index (χ2v) is 8.32. The lowest BCUT2D eigenvalue weighted by atomic mass is 10.2. The van der Waals surface area contributed by atoms with Crippen LogP contribution >= 0.6 is 50.9 Å². The Morgan fingerprint density at radius 2 is 1.85 bits per heavy atom. The Bertz CT molecular complexity index is 902. The van der Waals surface area contributed by atoms with Crippen molar-refractivity contribution in [3.05, 3.63) is 68.4 Å². The van der Waals surface area contributed by atoms with Crippen molar-refractivity contribution in [1.82, 2.24) is 14.8 Å². The van der Waals surface area contributed by atoms with Gasteiger partial charge in [-0.3, -0.25) is 0 Å². The molecule has 26 heavy (non-hydrogen) atoms. The highest BCUT2D eigenvalue weighted by Crippen LogP contribution is 2.28. The zero-order valence-electron chi connectivity index (χ0n) is 14.1. The molecule has 0 radical (unpaired) electrons. The van der Waals surface area contributed by atoms with E-state index in [1.807, 2.05) is 54.9 Å². The van der Waals surface area contributed by atoms with E-state index in [0.29, 0.717) is 10.0 Å². The van der Waals surface area contributed by atoms with Crippen molar-refractivity contribution < 1.29 is 4.74 Å². The van der Waals surface area contributed by atoms with Crippen molar-refractivity contribution in [3.63, 3.8) is 0 Å². The number of nitrogens with zero attached hydrogens (tertiary/aromatic N) is 3. The van der Waals surface area contributed by atoms with E-state index in [1.54, 1.807) is 17.8 Å². The summed E-state index contributed by atoms with van der Waals surface area (Å²) >= 11 is 17.0. The fourth-order valence-electron chi connectivity index (χ4n) is 2.35. The van der Waals surface area contributed by atoms with Gasteiger partial charge in [0, 0.05) is 17.3 Å². The van der Waals surface area contributed by atoms with E-state index >= 15 is 0 Å². The first-order chi connectivity index (χ1) is 12.4. The van der Waals surface area contributed by atoms with Gasteiger partial charge in [0.1, 0.15) is 5.75 Å². The third-order valence-electron chi connectivity index (χ3n) is 3.71. The first kappa shape index (κ1) is 19.5. The Labute approximate surface area is 175 Å². The molecule has 0 N–H and O–H groups in total. The van der Waals surface area contributed by atoms with Crippen LogP contribution in [-0.2, 0) is 12.8 Å². The molecule has 4 nitrogen and oxygen atoms in total. The number of hydrogen-bond donors (Lipinski definition) is 0. The molecule has 0 aliphatic carbocycles. The molecule has 3 aromatic rings. The van der Waals surface area contributed by atoms with E-state index in [-0.39, 0.29) is 6.10 Å². The molecule has 0 spiro atoms. The highest BCUT2D eigenvalue weighted by atomic mass is 79.9. The standard InChI is InChI=1S/C18H16BrCl2N3OS/c1-11(25-14-6-4-13(19)5-7-14)17-22-23-18(24(17)2)26-10-12-3-8-15(20)16(21)9-12/h3-9,11H,10H2,1-2H3/t11-/m1/s1. The largest absolute Gasteiger partial charge is 0.483 e. The van der Waals surface area contributed by atoms with Crippen LogP contribution in [0.3, 0.4) is 0 Å². The van der Waals surface area contributed by atoms with Crippen LogP contribution in [0.5, 0.6) is 5.75 Å². The van der Waals surface area contributed by atoms with Crippen molar-refractivity contribution in [2.75, 3.05) is 0 Å². The topological polar surface area (TPSA) is 39.9 Å². The number of ether oxygens (including phenoxy) is 1. The van der Waals surface area contributed by atoms with Crippen molar-refractivity contribution in [1.29, 1.82) is 0 Å². The van der Waals surface area contributed by atoms with Gasteiger partial charge in [0.2, 0.25) is 0 Å². The summed E-state index contributed by atoms with van der Waals surface area (Å²) in [5, 5.41) is 10.5. The van der Waals surface area contributed by atoms with Crippen molar-refractivity contribution in [2.45, 2.75) is 23.9 Å². The fraction of sp³-hybridized carbons (Fsp3) is 0.222. The lowest BCUT2D eigenvalue weighted by Crippen LogP contribution is -2.10. The number of thioether (sulfide) groups is 1. The monoisotopic (exact) mass is 471 g/mol. The summed E-state index contributed by atoms with van der Waals surface area (Å²) in [7, 11) is 1.94. The molecule has 2 aromatic carbocycles. The molecule has 0 unspecified atom stereocenters. The second kappa shape index (κ2) is 8.65. The molecule has 3 rings (SSSR count). The van der Waals surface area contributed by atoms with Crippen LogP contribution in [-0.4, -0.2) is 14.8 Å². The molecule has 0 bridgehead atoms. The Morgan fingerprint density at radius 3 is 2.54 bits per heavy atom. The Balaban J connectivity index is 1.66. The van der Waals surface area contributed by atoms with Crippen LogP contribution in [0, 0.1) is 0 Å². The average molecular weight is 473 g/mol. The maximum absolute atomic E-state index is 6.07. The minimum Gasteiger partial charge on any atom is -0.483 e. The zero-order chi connectivity index (χ0) is 18.7. The summed E-state index contributed by atoms with van der Waals surface area (Å²) in [5.41, 5.74) is 1.08. The van der Waals surface area contributed by atoms with Crippen LogP contribution in [0.15, 0.2) is 52.1 Å². The molecule has 0 saturated carbocycles. The van der Waals surface area contributed by atoms with Crippen molar-refractivity contribution in [3.8, 4) is 5.75 Å². The molecule has 0 fully saturated rings. The number of aromatic nitrogens is 3. The molecular weight excluding hydrogens is 457 g/mol. The van der Waals surface area contributed by atoms with Gasteiger partial charge in [0.15, 0.2) is 17.1 Å². The molecule has 0 aliphatic rings. The maximum Gasteiger partial charge on any atom is 0.191 e. The van der Waals surface area contributed by atoms with Gasteiger partial charge in [-0.2, -0.15) is 0 Å². The minimum absolute atomic E-state index is 0.215. The Hall–Kier alpha value is -1.21. The molecule has 1 atom stereocenters. The lowest BCUT2D eigenvalue weighted by Gasteiger charge is -2.14. The van der Waals surface area contributed by atoms with Gasteiger partial charge in [0.05, 0.1) is 10.0 Å². The van der Waals surface area contributed by atoms with Crippen molar-refractivity contribution >= 4 is 50.9 Å². The Kier molecular flexibility index (Phi) is 6.51. The summed E-state index contributed by atoms with van der Waals surface area (Å²) in [6.45, 7) is 1.96. The van der Waals surface area contributed by atoms with E-state index in [0.717, 1.165) is 32.5 Å². The number of hydrogen-bond acceptors (Lipinski definition) is 4. The lowest BCUT2D eigenvalue weighted by molar-refractivity contribution is 0.211. The first-order valence-corrected chi connectivity index (χ1v) is 10.4. The third-order valence-corrected chi connectivity index (χ3v) is 6.07. The summed E-state index contributed by atoms with van der Waals surface area (Å²) < 4.78 is 8.92. The summed E-state index contributed by atoms with van der Waals surface area (Å²) in [6.07, 6.45) is -0.215. The molecule has 1 heterocycles. The smallest absolute Gasteiger partial charge is 0.191 e. The molecule has 0 amide bonds. The maximum atomic E-state index is 6.07. The third kappa shape index (κ3) is 4.74. The van der Waals surface area contributed by atoms with Crippen molar-refractivity contribution in [2.24, 2.45) is 7.05 Å². The first-order valence-electron chi connectivity index (χ1n) is 7.82. The van der Waals surface area contributed by atoms with Gasteiger partial charge in [-0.05, 0) is 48.9 Å². The van der Waals surface area contributed by atoms with Crippen LogP contribution in [0.25, 0.3) is 0 Å². The average Bonchev–Trinajstić information content (AvgIpc) is 2.99. The van der Waals surface area contributed by atoms with Gasteiger partial charge >= 0.3 is 0 Å². The zero-order valence-corrected chi connectivity index (χ0v) is 18.0. The van der Waals surface area contributed by atoms with Gasteiger partial charge in [-0.1, -0.05) is 57.0 Å². The summed E-state index contributed by atoms with van der Waals surface area (Å²) in [6, 6.07) is 13.3. The van der Waals surface area contributed by atoms with Crippen LogP contribution < -0.4 is 4.74 Å². The highest BCUT2D eigenvalue weighted by molar-refractivity contribution is 9.10. The molecular formula is C18H16BrCl2N3OS. The number of benzene rings is 2. The van der Waals surface area contributed by atoms with Crippen LogP contribution in [0.1, 0.15) is 24.4 Å². The Morgan fingerprint density at radius 1 is 1.12 bits per heavy atom. The van der Waals surface area contributed by atoms with E-state index < -0.39 is 0 Å². The molecule has 8 heteroatoms. The molecule has 0 aliphatic heterocycles. The summed E-state index contributed by atoms with van der Waals surface area (Å²) in [4.78, 5) is 0. The normalized spacial score (nSPS) is 12.2. The van der Waals surface area contributed by atoms with Crippen LogP contribution in [0.4, 0.5) is 0 Å². The van der Waals surface area contributed by atoms with Gasteiger partial charge < -0.3 is 9.30 Å². The quantitative estimate of drug-likeness (QED) is 0.393.